The molecule has 4 heteroatoms. The summed E-state index contributed by atoms with van der Waals surface area (Å²) in [7, 11) is -0.218. The third-order valence-corrected chi connectivity index (χ3v) is 5.48. The lowest BCUT2D eigenvalue weighted by molar-refractivity contribution is 0.112. The molecule has 128 valence electrons. The maximum atomic E-state index is 5.91. The molecule has 0 atom stereocenters. The second-order valence-corrected chi connectivity index (χ2v) is 9.65. The maximum Gasteiger partial charge on any atom is 0.331 e. The summed E-state index contributed by atoms with van der Waals surface area (Å²) in [6, 6.07) is 0. The van der Waals surface area contributed by atoms with E-state index in [2.05, 4.69) is 20.0 Å². The van der Waals surface area contributed by atoms with E-state index in [4.69, 9.17) is 13.6 Å². The van der Waals surface area contributed by atoms with Crippen molar-refractivity contribution >= 4 is 8.56 Å². The van der Waals surface area contributed by atoms with Crippen molar-refractivity contribution in [3.8, 4) is 0 Å². The molecule has 0 heterocycles. The zero-order valence-electron chi connectivity index (χ0n) is 14.9. The Morgan fingerprint density at radius 2 is 1.10 bits per heavy atom. The lowest BCUT2D eigenvalue weighted by atomic mass is 10.1. The molecule has 0 fully saturated rings. The number of hydrogen-bond donors (Lipinski definition) is 0. The third kappa shape index (κ3) is 16.3. The number of unbranched alkanes of at least 4 members (excludes halogenated alkanes) is 9. The summed E-state index contributed by atoms with van der Waals surface area (Å²) in [5.41, 5.74) is 0. The molecule has 0 aliphatic heterocycles. The van der Waals surface area contributed by atoms with Gasteiger partial charge >= 0.3 is 8.56 Å². The number of methoxy groups -OCH3 is 1. The van der Waals surface area contributed by atoms with Gasteiger partial charge in [-0.3, -0.25) is 0 Å². The van der Waals surface area contributed by atoms with Crippen LogP contribution in [-0.4, -0.2) is 35.5 Å². The fourth-order valence-corrected chi connectivity index (χ4v) is 3.61. The molecule has 21 heavy (non-hydrogen) atoms. The van der Waals surface area contributed by atoms with E-state index in [1.807, 2.05) is 0 Å². The summed E-state index contributed by atoms with van der Waals surface area (Å²) in [4.78, 5) is 0. The van der Waals surface area contributed by atoms with Crippen LogP contribution in [0.5, 0.6) is 0 Å². The molecule has 0 aromatic heterocycles. The van der Waals surface area contributed by atoms with Gasteiger partial charge in [-0.15, -0.1) is 0 Å². The van der Waals surface area contributed by atoms with Gasteiger partial charge in [0, 0.05) is 13.7 Å². The van der Waals surface area contributed by atoms with Crippen LogP contribution in [0.1, 0.15) is 71.1 Å². The molecule has 0 bridgehead atoms. The van der Waals surface area contributed by atoms with Crippen molar-refractivity contribution in [2.75, 3.05) is 26.9 Å². The molecule has 0 aliphatic carbocycles. The predicted octanol–water partition coefficient (Wildman–Crippen LogP) is 5.29. The Kier molecular flexibility index (Phi) is 15.1. The molecule has 0 saturated heterocycles. The summed E-state index contributed by atoms with van der Waals surface area (Å²) in [6.45, 7) is 8.64. The first kappa shape index (κ1) is 21.1. The van der Waals surface area contributed by atoms with Crippen molar-refractivity contribution in [3.05, 3.63) is 0 Å². The van der Waals surface area contributed by atoms with Gasteiger partial charge in [0.25, 0.3) is 0 Å². The van der Waals surface area contributed by atoms with E-state index in [0.29, 0.717) is 13.2 Å². The highest BCUT2D eigenvalue weighted by Gasteiger charge is 2.23. The van der Waals surface area contributed by atoms with Gasteiger partial charge in [-0.05, 0) is 19.5 Å². The normalized spacial score (nSPS) is 12.0. The van der Waals surface area contributed by atoms with E-state index >= 15 is 0 Å². The minimum Gasteiger partial charge on any atom is -0.395 e. The molecule has 0 saturated carbocycles. The Morgan fingerprint density at radius 3 is 1.62 bits per heavy atom. The topological polar surface area (TPSA) is 27.7 Å². The molecule has 0 rings (SSSR count). The zero-order chi connectivity index (χ0) is 15.8. The van der Waals surface area contributed by atoms with Crippen molar-refractivity contribution in [1.29, 1.82) is 0 Å². The first-order valence-electron chi connectivity index (χ1n) is 8.89. The molecule has 0 amide bonds. The van der Waals surface area contributed by atoms with E-state index in [0.717, 1.165) is 6.61 Å². The van der Waals surface area contributed by atoms with E-state index in [9.17, 15) is 0 Å². The van der Waals surface area contributed by atoms with Crippen LogP contribution in [0.15, 0.2) is 0 Å². The van der Waals surface area contributed by atoms with Crippen molar-refractivity contribution in [2.45, 2.75) is 84.2 Å². The van der Waals surface area contributed by atoms with Crippen LogP contribution in [0.25, 0.3) is 0 Å². The predicted molar refractivity (Wildman–Crippen MR) is 93.1 cm³/mol. The molecule has 0 aromatic carbocycles. The SMILES string of the molecule is CCCCCCCCCCCCO[Si](C)(C)OCCOC. The minimum atomic E-state index is -1.91. The monoisotopic (exact) mass is 318 g/mol. The molecule has 0 N–H and O–H groups in total. The van der Waals surface area contributed by atoms with Crippen molar-refractivity contribution in [3.63, 3.8) is 0 Å². The highest BCUT2D eigenvalue weighted by atomic mass is 28.4. The largest absolute Gasteiger partial charge is 0.395 e. The molecule has 3 nitrogen and oxygen atoms in total. The Labute approximate surface area is 134 Å². The third-order valence-electron chi connectivity index (χ3n) is 3.68. The summed E-state index contributed by atoms with van der Waals surface area (Å²) in [5, 5.41) is 0. The summed E-state index contributed by atoms with van der Waals surface area (Å²) < 4.78 is 16.7. The smallest absolute Gasteiger partial charge is 0.331 e. The lowest BCUT2D eigenvalue weighted by Gasteiger charge is -2.22. The van der Waals surface area contributed by atoms with Gasteiger partial charge in [0.2, 0.25) is 0 Å². The summed E-state index contributed by atoms with van der Waals surface area (Å²) >= 11 is 0. The summed E-state index contributed by atoms with van der Waals surface area (Å²) in [5.74, 6) is 0. The van der Waals surface area contributed by atoms with E-state index in [-0.39, 0.29) is 0 Å². The summed E-state index contributed by atoms with van der Waals surface area (Å²) in [6.07, 6.45) is 13.6. The molecule has 0 aromatic rings. The van der Waals surface area contributed by atoms with Crippen LogP contribution in [-0.2, 0) is 13.6 Å². The first-order valence-corrected chi connectivity index (χ1v) is 11.7. The average molecular weight is 319 g/mol. The van der Waals surface area contributed by atoms with Gasteiger partial charge in [-0.1, -0.05) is 64.7 Å². The van der Waals surface area contributed by atoms with Crippen LogP contribution in [0.2, 0.25) is 13.1 Å². The molecule has 0 radical (unpaired) electrons. The van der Waals surface area contributed by atoms with Gasteiger partial charge < -0.3 is 13.6 Å². The second-order valence-electron chi connectivity index (χ2n) is 6.27. The average Bonchev–Trinajstić information content (AvgIpc) is 2.45. The lowest BCUT2D eigenvalue weighted by Crippen LogP contribution is -2.36. The van der Waals surface area contributed by atoms with Crippen molar-refractivity contribution < 1.29 is 13.6 Å². The Morgan fingerprint density at radius 1 is 0.619 bits per heavy atom. The number of hydrogen-bond acceptors (Lipinski definition) is 3. The van der Waals surface area contributed by atoms with Gasteiger partial charge in [0.05, 0.1) is 13.2 Å². The van der Waals surface area contributed by atoms with Gasteiger partial charge in [-0.25, -0.2) is 0 Å². The fraction of sp³-hybridized carbons (Fsp3) is 1.00. The zero-order valence-corrected chi connectivity index (χ0v) is 15.9. The Balaban J connectivity index is 3.23. The van der Waals surface area contributed by atoms with Crippen LogP contribution < -0.4 is 0 Å². The van der Waals surface area contributed by atoms with E-state index in [1.165, 1.54) is 64.2 Å². The minimum absolute atomic E-state index is 0.647. The van der Waals surface area contributed by atoms with Crippen molar-refractivity contribution in [1.82, 2.24) is 0 Å². The maximum absolute atomic E-state index is 5.91. The second kappa shape index (κ2) is 15.0. The van der Waals surface area contributed by atoms with Crippen LogP contribution in [0.3, 0.4) is 0 Å². The fourth-order valence-electron chi connectivity index (χ4n) is 2.32. The Bertz CT molecular complexity index is 210. The van der Waals surface area contributed by atoms with Gasteiger partial charge in [0.15, 0.2) is 0 Å². The quantitative estimate of drug-likeness (QED) is 0.286. The van der Waals surface area contributed by atoms with Crippen LogP contribution >= 0.6 is 0 Å². The van der Waals surface area contributed by atoms with E-state index < -0.39 is 8.56 Å². The Hall–Kier alpha value is 0.0969. The molecule has 0 unspecified atom stereocenters. The first-order chi connectivity index (χ1) is 10.1. The van der Waals surface area contributed by atoms with Crippen LogP contribution in [0, 0.1) is 0 Å². The number of ether oxygens (including phenoxy) is 1. The molecule has 0 aliphatic rings. The van der Waals surface area contributed by atoms with Crippen LogP contribution in [0.4, 0.5) is 0 Å². The highest BCUT2D eigenvalue weighted by Crippen LogP contribution is 2.12. The number of rotatable bonds is 16. The van der Waals surface area contributed by atoms with E-state index in [1.54, 1.807) is 7.11 Å². The molecule has 0 spiro atoms. The van der Waals surface area contributed by atoms with Gasteiger partial charge in [-0.2, -0.15) is 0 Å². The highest BCUT2D eigenvalue weighted by molar-refractivity contribution is 6.64. The van der Waals surface area contributed by atoms with Gasteiger partial charge in [0.1, 0.15) is 0 Å². The molecular formula is C17H38O3Si. The van der Waals surface area contributed by atoms with Crippen molar-refractivity contribution in [2.24, 2.45) is 0 Å². The molecular weight excluding hydrogens is 280 g/mol. The standard InChI is InChI=1S/C17H38O3Si/c1-5-6-7-8-9-10-11-12-13-14-15-19-21(3,4)20-17-16-18-2/h5-17H2,1-4H3.